The van der Waals surface area contributed by atoms with Crippen molar-refractivity contribution in [2.45, 2.75) is 0 Å². The van der Waals surface area contributed by atoms with E-state index in [4.69, 9.17) is 0 Å². The fourth-order valence-electron chi connectivity index (χ4n) is 1.14. The Morgan fingerprint density at radius 2 is 1.77 bits per heavy atom. The molecule has 0 atom stereocenters. The van der Waals surface area contributed by atoms with Gasteiger partial charge in [0.15, 0.2) is 0 Å². The zero-order valence-corrected chi connectivity index (χ0v) is 8.51. The number of carbonyl (C=O) groups is 2. The molecule has 0 radical (unpaired) electrons. The molecule has 1 aromatic rings. The molecule has 0 aromatic heterocycles. The van der Waals surface area contributed by atoms with Gasteiger partial charge < -0.3 is 1.43 Å². The second-order valence-electron chi connectivity index (χ2n) is 2.47. The van der Waals surface area contributed by atoms with Crippen LogP contribution >= 0.6 is 15.9 Å². The van der Waals surface area contributed by atoms with Gasteiger partial charge in [-0.05, 0) is 18.2 Å². The molecule has 1 aliphatic rings. The number of hydrogen-bond donors (Lipinski definition) is 1. The molecule has 0 bridgehead atoms. The minimum atomic E-state index is -0.323. The molecule has 1 aliphatic heterocycles. The zero-order chi connectivity index (χ0) is 8.72. The summed E-state index contributed by atoms with van der Waals surface area (Å²) in [6, 6.07) is 4.99. The Morgan fingerprint density at radius 1 is 1.15 bits per heavy atom. The molecule has 3 nitrogen and oxygen atoms in total. The molecule has 1 heterocycles. The van der Waals surface area contributed by atoms with Gasteiger partial charge in [-0.2, -0.15) is 0 Å². The Balaban J connectivity index is 0.000000845. The summed E-state index contributed by atoms with van der Waals surface area (Å²) in [6.45, 7) is 0. The molecule has 0 unspecified atom stereocenters. The molecule has 0 fully saturated rings. The average molecular weight is 234 g/mol. The summed E-state index contributed by atoms with van der Waals surface area (Å²) in [5.41, 5.74) is 0.887. The molecule has 0 aliphatic carbocycles. The third-order valence-electron chi connectivity index (χ3n) is 1.70. The molecule has 2 amide bonds. The molecular formula is C8H5BrLiNO2. The van der Waals surface area contributed by atoms with E-state index in [1.165, 1.54) is 0 Å². The first-order valence-corrected chi connectivity index (χ1v) is 4.13. The summed E-state index contributed by atoms with van der Waals surface area (Å²) in [5.74, 6) is -0.640. The van der Waals surface area contributed by atoms with E-state index in [1.54, 1.807) is 18.2 Å². The summed E-state index contributed by atoms with van der Waals surface area (Å²) in [5, 5.41) is 2.21. The van der Waals surface area contributed by atoms with Crippen LogP contribution in [0.5, 0.6) is 0 Å². The monoisotopic (exact) mass is 233 g/mol. The van der Waals surface area contributed by atoms with Crippen LogP contribution in [-0.4, -0.2) is 11.8 Å². The van der Waals surface area contributed by atoms with E-state index >= 15 is 0 Å². The van der Waals surface area contributed by atoms with Crippen molar-refractivity contribution in [1.82, 2.24) is 5.32 Å². The number of benzene rings is 1. The van der Waals surface area contributed by atoms with E-state index < -0.39 is 0 Å². The predicted molar refractivity (Wildman–Crippen MR) is 47.1 cm³/mol. The van der Waals surface area contributed by atoms with Crippen LogP contribution in [0.15, 0.2) is 22.7 Å². The molecule has 0 spiro atoms. The zero-order valence-electron chi connectivity index (χ0n) is 7.93. The SMILES string of the molecule is O=C1NC(=O)c2cc(Br)ccc21.[H-].[Li+]. The smallest absolute Gasteiger partial charge is 1.00 e. The van der Waals surface area contributed by atoms with E-state index in [2.05, 4.69) is 21.2 Å². The summed E-state index contributed by atoms with van der Waals surface area (Å²) in [4.78, 5) is 22.1. The van der Waals surface area contributed by atoms with E-state index in [-0.39, 0.29) is 32.1 Å². The van der Waals surface area contributed by atoms with Gasteiger partial charge in [0.1, 0.15) is 0 Å². The van der Waals surface area contributed by atoms with E-state index in [0.717, 1.165) is 4.47 Å². The first-order chi connectivity index (χ1) is 5.68. The quantitative estimate of drug-likeness (QED) is 0.436. The van der Waals surface area contributed by atoms with Crippen LogP contribution in [0.2, 0.25) is 0 Å². The molecule has 13 heavy (non-hydrogen) atoms. The maximum absolute atomic E-state index is 11.1. The Kier molecular flexibility index (Phi) is 2.97. The normalized spacial score (nSPS) is 13.3. The van der Waals surface area contributed by atoms with Crippen molar-refractivity contribution >= 4 is 27.7 Å². The third kappa shape index (κ3) is 1.71. The number of nitrogens with one attached hydrogen (secondary N) is 1. The van der Waals surface area contributed by atoms with Crippen molar-refractivity contribution in [2.75, 3.05) is 0 Å². The number of amides is 2. The molecule has 1 aromatic carbocycles. The van der Waals surface area contributed by atoms with Gasteiger partial charge in [0, 0.05) is 4.47 Å². The van der Waals surface area contributed by atoms with Crippen molar-refractivity contribution < 1.29 is 29.9 Å². The van der Waals surface area contributed by atoms with Crippen molar-refractivity contribution in [3.05, 3.63) is 33.8 Å². The van der Waals surface area contributed by atoms with Gasteiger partial charge in [0.2, 0.25) is 0 Å². The topological polar surface area (TPSA) is 46.2 Å². The molecule has 5 heteroatoms. The van der Waals surface area contributed by atoms with Crippen LogP contribution in [0.25, 0.3) is 0 Å². The van der Waals surface area contributed by atoms with E-state index in [0.29, 0.717) is 11.1 Å². The first kappa shape index (κ1) is 10.5. The van der Waals surface area contributed by atoms with E-state index in [9.17, 15) is 9.59 Å². The van der Waals surface area contributed by atoms with Crippen LogP contribution in [0.1, 0.15) is 22.1 Å². The molecule has 0 saturated carbocycles. The Morgan fingerprint density at radius 3 is 2.46 bits per heavy atom. The van der Waals surface area contributed by atoms with Crippen molar-refractivity contribution in [3.8, 4) is 0 Å². The van der Waals surface area contributed by atoms with Crippen LogP contribution in [0.3, 0.4) is 0 Å². The number of halogens is 1. The minimum absolute atomic E-state index is 0. The van der Waals surface area contributed by atoms with Crippen LogP contribution in [0, 0.1) is 0 Å². The fourth-order valence-corrected chi connectivity index (χ4v) is 1.50. The third-order valence-corrected chi connectivity index (χ3v) is 2.19. The number of fused-ring (bicyclic) bond motifs is 1. The summed E-state index contributed by atoms with van der Waals surface area (Å²) < 4.78 is 0.797. The maximum Gasteiger partial charge on any atom is 1.00 e. The molecule has 0 saturated heterocycles. The van der Waals surface area contributed by atoms with Gasteiger partial charge in [-0.1, -0.05) is 15.9 Å². The van der Waals surface area contributed by atoms with Gasteiger partial charge in [0.25, 0.3) is 11.8 Å². The number of rotatable bonds is 0. The second-order valence-corrected chi connectivity index (χ2v) is 3.39. The van der Waals surface area contributed by atoms with Crippen molar-refractivity contribution in [1.29, 1.82) is 0 Å². The summed E-state index contributed by atoms with van der Waals surface area (Å²) in [7, 11) is 0. The fraction of sp³-hybridized carbons (Fsp3) is 0. The number of hydrogen-bond acceptors (Lipinski definition) is 2. The van der Waals surface area contributed by atoms with Gasteiger partial charge in [-0.3, -0.25) is 14.9 Å². The summed E-state index contributed by atoms with van der Waals surface area (Å²) >= 11 is 3.22. The number of carbonyl (C=O) groups excluding carboxylic acids is 2. The largest absolute Gasteiger partial charge is 1.00 e. The van der Waals surface area contributed by atoms with Crippen molar-refractivity contribution in [2.24, 2.45) is 0 Å². The predicted octanol–water partition coefficient (Wildman–Crippen LogP) is -1.55. The Bertz CT molecular complexity index is 397. The number of imide groups is 1. The maximum atomic E-state index is 11.1. The van der Waals surface area contributed by atoms with Gasteiger partial charge >= 0.3 is 18.9 Å². The van der Waals surface area contributed by atoms with Gasteiger partial charge in [-0.15, -0.1) is 0 Å². The average Bonchev–Trinajstić information content (AvgIpc) is 2.28. The van der Waals surface area contributed by atoms with Crippen molar-refractivity contribution in [3.63, 3.8) is 0 Å². The molecular weight excluding hydrogens is 229 g/mol. The second kappa shape index (κ2) is 3.67. The standard InChI is InChI=1S/C8H4BrNO2.Li.H/c9-4-1-2-5-6(3-4)8(12)10-7(5)11;;/h1-3H,(H,10,11,12);;/q;+1;-1. The summed E-state index contributed by atoms with van der Waals surface area (Å²) in [6.07, 6.45) is 0. The van der Waals surface area contributed by atoms with Gasteiger partial charge in [-0.25, -0.2) is 0 Å². The van der Waals surface area contributed by atoms with Gasteiger partial charge in [0.05, 0.1) is 11.1 Å². The first-order valence-electron chi connectivity index (χ1n) is 3.34. The van der Waals surface area contributed by atoms with Crippen LogP contribution < -0.4 is 24.2 Å². The van der Waals surface area contributed by atoms with Crippen LogP contribution in [0.4, 0.5) is 0 Å². The van der Waals surface area contributed by atoms with E-state index in [1.807, 2.05) is 0 Å². The Hall–Kier alpha value is -0.563. The molecule has 62 valence electrons. The van der Waals surface area contributed by atoms with Crippen LogP contribution in [-0.2, 0) is 0 Å². The molecule has 2 rings (SSSR count). The minimum Gasteiger partial charge on any atom is -1.00 e. The Labute approximate surface area is 96.7 Å². The molecule has 1 N–H and O–H groups in total.